The molecule has 1 unspecified atom stereocenters. The van der Waals surface area contributed by atoms with Gasteiger partial charge >= 0.3 is 136 Å². The number of carboxylic acid groups (broad SMARTS) is 2. The van der Waals surface area contributed by atoms with E-state index in [-0.39, 0.29) is 12.8 Å². The van der Waals surface area contributed by atoms with Crippen molar-refractivity contribution in [3.05, 3.63) is 0 Å². The Morgan fingerprint density at radius 1 is 0.808 bits per heavy atom. The van der Waals surface area contributed by atoms with Gasteiger partial charge in [0.05, 0.1) is 0 Å². The van der Waals surface area contributed by atoms with Crippen LogP contribution >= 0.6 is 0 Å². The molecule has 0 aliphatic rings. The van der Waals surface area contributed by atoms with Crippen molar-refractivity contribution in [3.63, 3.8) is 0 Å². The zero-order valence-corrected chi connectivity index (χ0v) is 19.8. The molecule has 0 aromatic rings. The summed E-state index contributed by atoms with van der Waals surface area (Å²) in [6, 6.07) is -1.06. The fourth-order valence-corrected chi connectivity index (χ4v) is 2.99. The Hall–Kier alpha value is 0.206. The van der Waals surface area contributed by atoms with Gasteiger partial charge in [-0.1, -0.05) is 13.3 Å². The Bertz CT molecular complexity index is 377. The Kier molecular flexibility index (Phi) is 23.5. The van der Waals surface area contributed by atoms with E-state index in [2.05, 4.69) is 6.92 Å². The van der Waals surface area contributed by atoms with E-state index in [0.717, 1.165) is 12.8 Å². The molecule has 1 atom stereocenters. The van der Waals surface area contributed by atoms with E-state index in [1.165, 1.54) is 64.2 Å². The Labute approximate surface area is 192 Å². The summed E-state index contributed by atoms with van der Waals surface area (Å²) in [5, 5.41) is 16.3. The summed E-state index contributed by atoms with van der Waals surface area (Å²) >= 11 is 0.422. The molecule has 0 heterocycles. The Morgan fingerprint density at radius 2 is 1.23 bits per heavy atom. The molecule has 0 aliphatic heterocycles. The first-order chi connectivity index (χ1) is 12.3. The van der Waals surface area contributed by atoms with E-state index >= 15 is 0 Å². The van der Waals surface area contributed by atoms with Crippen LogP contribution in [0, 0.1) is 0 Å². The van der Waals surface area contributed by atoms with Gasteiger partial charge in [-0.05, 0) is 6.42 Å². The fourth-order valence-electron chi connectivity index (χ4n) is 2.44. The maximum Gasteiger partial charge on any atom is 0.320 e. The third-order valence-electron chi connectivity index (χ3n) is 4.12. The third-order valence-corrected chi connectivity index (χ3v) is 4.90. The summed E-state index contributed by atoms with van der Waals surface area (Å²) in [6.45, 7) is 2.27. The quantitative estimate of drug-likeness (QED) is 0.270. The second-order valence-corrected chi connectivity index (χ2v) is 8.61. The fraction of sp³-hybridized carbons (Fsp3) is 0.842. The van der Waals surface area contributed by atoms with Crippen molar-refractivity contribution in [2.75, 3.05) is 0 Å². The minimum Gasteiger partial charge on any atom is -0.481 e. The van der Waals surface area contributed by atoms with Crippen LogP contribution in [0.25, 0.3) is 0 Å². The first kappa shape index (κ1) is 28.4. The minimum atomic E-state index is -1.17. The smallest absolute Gasteiger partial charge is 0.320 e. The molecular formula is C19H36KNO5. The first-order valence-electron chi connectivity index (χ1n) is 10.0. The summed E-state index contributed by atoms with van der Waals surface area (Å²) in [5.74, 6) is -2.20. The van der Waals surface area contributed by atoms with Crippen LogP contribution in [0.3, 0.4) is 0 Å². The van der Waals surface area contributed by atoms with Gasteiger partial charge in [0.25, 0.3) is 0 Å². The van der Waals surface area contributed by atoms with Gasteiger partial charge in [-0.25, -0.2) is 0 Å². The van der Waals surface area contributed by atoms with Crippen molar-refractivity contribution in [1.82, 2.24) is 0 Å². The van der Waals surface area contributed by atoms with Gasteiger partial charge in [0, 0.05) is 6.42 Å². The molecule has 7 heteroatoms. The second-order valence-electron chi connectivity index (χ2n) is 6.86. The molecule has 0 saturated carbocycles. The molecule has 0 aromatic carbocycles. The number of carboxylic acids is 2. The van der Waals surface area contributed by atoms with Gasteiger partial charge in [0.1, 0.15) is 6.04 Å². The van der Waals surface area contributed by atoms with Crippen molar-refractivity contribution >= 4 is 60.8 Å². The predicted octanol–water partition coefficient (Wildman–Crippen LogP) is 3.65. The number of rotatable bonds is 16. The summed E-state index contributed by atoms with van der Waals surface area (Å²) in [5.41, 5.74) is 5.00. The average Bonchev–Trinajstić information content (AvgIpc) is 2.57. The zero-order chi connectivity index (χ0) is 20.2. The van der Waals surface area contributed by atoms with Gasteiger partial charge in [0.2, 0.25) is 0 Å². The number of hydrogen-bond acceptors (Lipinski definition) is 4. The normalized spacial score (nSPS) is 11.4. The van der Waals surface area contributed by atoms with Crippen LogP contribution in [0.4, 0.5) is 0 Å². The summed E-state index contributed by atoms with van der Waals surface area (Å²) in [4.78, 5) is 30.7. The second kappa shape index (κ2) is 21.5. The number of carbonyl (C=O) groups is 3. The number of hydrogen-bond donors (Lipinski definition) is 3. The molecule has 148 valence electrons. The van der Waals surface area contributed by atoms with E-state index < -0.39 is 18.0 Å². The summed E-state index contributed by atoms with van der Waals surface area (Å²) in [7, 11) is 0. The molecule has 6 nitrogen and oxygen atoms in total. The van der Waals surface area contributed by atoms with Crippen molar-refractivity contribution in [1.29, 1.82) is 0 Å². The summed E-state index contributed by atoms with van der Waals surface area (Å²) in [6.07, 6.45) is 15.7. The van der Waals surface area contributed by atoms with Crippen molar-refractivity contribution in [2.24, 2.45) is 5.73 Å². The van der Waals surface area contributed by atoms with Crippen LogP contribution in [-0.2, 0) is 14.4 Å². The molecule has 0 radical (unpaired) electrons. The number of carbonyl (C=O) groups excluding carboxylic acids is 1. The SMILES string of the molecule is CCCCCCCCCCCCC[C](=O)[K].NC(CCC(=O)O)C(=O)O. The maximum atomic E-state index is 10.8. The maximum absolute atomic E-state index is 10.8. The van der Waals surface area contributed by atoms with Crippen molar-refractivity contribution in [2.45, 2.75) is 103 Å². The molecular weight excluding hydrogens is 361 g/mol. The van der Waals surface area contributed by atoms with Crippen LogP contribution in [0.5, 0.6) is 0 Å². The van der Waals surface area contributed by atoms with E-state index in [1.807, 2.05) is 0 Å². The van der Waals surface area contributed by atoms with Gasteiger partial charge in [0.15, 0.2) is 0 Å². The Morgan fingerprint density at radius 3 is 1.58 bits per heavy atom. The monoisotopic (exact) mass is 397 g/mol. The number of aliphatic carboxylic acids is 2. The van der Waals surface area contributed by atoms with Crippen molar-refractivity contribution in [3.8, 4) is 0 Å². The molecule has 26 heavy (non-hydrogen) atoms. The van der Waals surface area contributed by atoms with Gasteiger partial charge < -0.3 is 15.9 Å². The molecule has 0 saturated heterocycles. The molecule has 0 rings (SSSR count). The molecule has 0 fully saturated rings. The van der Waals surface area contributed by atoms with Gasteiger partial charge in [-0.3, -0.25) is 9.59 Å². The first-order valence-corrected chi connectivity index (χ1v) is 11.6. The number of unbranched alkanes of at least 4 members (excludes halogenated alkanes) is 10. The molecule has 0 spiro atoms. The standard InChI is InChI=1S/C14H27O.C5H9NO4.K/c1-2-3-4-5-6-7-8-9-10-11-12-13-14-15;6-3(5(9)10)1-2-4(7)8;/h2-13H2,1H3;3H,1-2,6H2,(H,7,8)(H,9,10);. The third kappa shape index (κ3) is 26.4. The summed E-state index contributed by atoms with van der Waals surface area (Å²) < 4.78 is 0.531. The van der Waals surface area contributed by atoms with Crippen LogP contribution in [0.1, 0.15) is 96.8 Å². The van der Waals surface area contributed by atoms with E-state index in [4.69, 9.17) is 15.9 Å². The molecule has 0 aromatic heterocycles. The minimum absolute atomic E-state index is 0.0231. The van der Waals surface area contributed by atoms with Crippen LogP contribution < -0.4 is 5.73 Å². The van der Waals surface area contributed by atoms with Crippen LogP contribution in [0.15, 0.2) is 0 Å². The number of nitrogens with two attached hydrogens (primary N) is 1. The average molecular weight is 398 g/mol. The molecule has 4 N–H and O–H groups in total. The van der Waals surface area contributed by atoms with Crippen molar-refractivity contribution < 1.29 is 24.6 Å². The Balaban J connectivity index is 0. The van der Waals surface area contributed by atoms with E-state index in [1.54, 1.807) is 0 Å². The van der Waals surface area contributed by atoms with Gasteiger partial charge in [-0.15, -0.1) is 0 Å². The topological polar surface area (TPSA) is 118 Å². The van der Waals surface area contributed by atoms with E-state index in [9.17, 15) is 14.4 Å². The zero-order valence-electron chi connectivity index (χ0n) is 16.7. The van der Waals surface area contributed by atoms with Crippen LogP contribution in [0.2, 0.25) is 0 Å². The predicted molar refractivity (Wildman–Crippen MR) is 104 cm³/mol. The molecule has 0 bridgehead atoms. The van der Waals surface area contributed by atoms with Crippen LogP contribution in [-0.4, -0.2) is 77.0 Å². The molecule has 0 amide bonds. The molecule has 0 aliphatic carbocycles. The largest absolute Gasteiger partial charge is 0.481 e. The van der Waals surface area contributed by atoms with Gasteiger partial charge in [-0.2, -0.15) is 0 Å². The van der Waals surface area contributed by atoms with E-state index in [0.29, 0.717) is 48.8 Å².